The number of aromatic nitrogens is 1. The fourth-order valence-corrected chi connectivity index (χ4v) is 2.04. The van der Waals surface area contributed by atoms with Crippen molar-refractivity contribution in [2.24, 2.45) is 4.58 Å². The summed E-state index contributed by atoms with van der Waals surface area (Å²) in [5.41, 5.74) is 0. The molecule has 1 heterocycles. The van der Waals surface area contributed by atoms with Crippen molar-refractivity contribution < 1.29 is 14.7 Å². The number of thiazole rings is 1. The van der Waals surface area contributed by atoms with Gasteiger partial charge in [-0.05, 0) is 0 Å². The Kier molecular flexibility index (Phi) is 6.08. The summed E-state index contributed by atoms with van der Waals surface area (Å²) < 4.78 is 2.60. The summed E-state index contributed by atoms with van der Waals surface area (Å²) in [7, 11) is 0. The Bertz CT molecular complexity index is 411. The summed E-state index contributed by atoms with van der Waals surface area (Å²) in [6.07, 6.45) is 1.56. The van der Waals surface area contributed by atoms with Crippen LogP contribution < -0.4 is 10.6 Å². The lowest BCUT2D eigenvalue weighted by atomic mass is 10.3. The third kappa shape index (κ3) is 5.10. The van der Waals surface area contributed by atoms with Crippen LogP contribution in [0.4, 0.5) is 5.13 Å². The van der Waals surface area contributed by atoms with E-state index in [1.807, 2.05) is 0 Å². The van der Waals surface area contributed by atoms with E-state index in [1.165, 1.54) is 11.3 Å². The average molecular weight is 290 g/mol. The minimum absolute atomic E-state index is 0.0918. The van der Waals surface area contributed by atoms with Crippen LogP contribution in [0.1, 0.15) is 0 Å². The molecular weight excluding hydrogens is 280 g/mol. The number of hydrogen-bond acceptors (Lipinski definition) is 8. The number of carboxylic acid groups (broad SMARTS) is 1. The van der Waals surface area contributed by atoms with Crippen LogP contribution in [0.25, 0.3) is 0 Å². The van der Waals surface area contributed by atoms with Gasteiger partial charge in [0, 0.05) is 33.9 Å². The zero-order chi connectivity index (χ0) is 13.4. The highest BCUT2D eigenvalue weighted by molar-refractivity contribution is 7.97. The molecule has 0 unspecified atom stereocenters. The SMILES string of the molecule is O=NSC[C@H](Nc1nccs1)C(=O)NCC(=O)O. The van der Waals surface area contributed by atoms with Crippen molar-refractivity contribution in [1.29, 1.82) is 0 Å². The van der Waals surface area contributed by atoms with Gasteiger partial charge in [-0.15, -0.1) is 16.2 Å². The van der Waals surface area contributed by atoms with Crippen molar-refractivity contribution in [3.8, 4) is 0 Å². The maximum atomic E-state index is 11.7. The first kappa shape index (κ1) is 14.4. The van der Waals surface area contributed by atoms with E-state index in [1.54, 1.807) is 11.6 Å². The summed E-state index contributed by atoms with van der Waals surface area (Å²) in [4.78, 5) is 36.0. The molecule has 1 aromatic heterocycles. The summed E-state index contributed by atoms with van der Waals surface area (Å²) in [5, 5.41) is 15.7. The Balaban J connectivity index is 2.56. The number of rotatable bonds is 8. The molecule has 0 aliphatic heterocycles. The molecule has 0 saturated heterocycles. The molecule has 1 rings (SSSR count). The number of amides is 1. The molecule has 3 N–H and O–H groups in total. The molecule has 8 nitrogen and oxygen atoms in total. The van der Waals surface area contributed by atoms with Crippen LogP contribution in [-0.4, -0.2) is 40.3 Å². The molecule has 0 bridgehead atoms. The van der Waals surface area contributed by atoms with E-state index < -0.39 is 24.5 Å². The highest BCUT2D eigenvalue weighted by Crippen LogP contribution is 2.14. The molecular formula is C8H10N4O4S2. The number of anilines is 1. The van der Waals surface area contributed by atoms with Crippen molar-refractivity contribution in [2.75, 3.05) is 17.6 Å². The maximum absolute atomic E-state index is 11.7. The van der Waals surface area contributed by atoms with Gasteiger partial charge in [-0.25, -0.2) is 4.98 Å². The topological polar surface area (TPSA) is 121 Å². The lowest BCUT2D eigenvalue weighted by molar-refractivity contribution is -0.137. The summed E-state index contributed by atoms with van der Waals surface area (Å²) in [5.74, 6) is -1.57. The van der Waals surface area contributed by atoms with Gasteiger partial charge in [-0.1, -0.05) is 0 Å². The molecule has 0 aromatic carbocycles. The summed E-state index contributed by atoms with van der Waals surface area (Å²) in [6, 6.07) is -0.766. The van der Waals surface area contributed by atoms with Gasteiger partial charge in [0.2, 0.25) is 5.91 Å². The minimum atomic E-state index is -1.14. The molecule has 0 aliphatic carbocycles. The van der Waals surface area contributed by atoms with E-state index >= 15 is 0 Å². The lowest BCUT2D eigenvalue weighted by Crippen LogP contribution is -2.43. The standard InChI is InChI=1S/C8H10N4O4S2/c13-6(14)3-10-7(15)5(4-18-12-16)11-8-9-1-2-17-8/h1-2,5H,3-4H2,(H,9,11)(H,10,15)(H,13,14)/t5-/m0/s1. The third-order valence-electron chi connectivity index (χ3n) is 1.75. The Morgan fingerprint density at radius 2 is 2.39 bits per heavy atom. The molecule has 0 saturated carbocycles. The van der Waals surface area contributed by atoms with Crippen molar-refractivity contribution in [1.82, 2.24) is 10.3 Å². The van der Waals surface area contributed by atoms with Gasteiger partial charge >= 0.3 is 5.97 Å². The number of nitrogens with one attached hydrogen (secondary N) is 2. The molecule has 1 amide bonds. The Morgan fingerprint density at radius 3 is 2.94 bits per heavy atom. The van der Waals surface area contributed by atoms with E-state index in [-0.39, 0.29) is 5.75 Å². The van der Waals surface area contributed by atoms with E-state index in [0.717, 1.165) is 0 Å². The third-order valence-corrected chi connectivity index (χ3v) is 3.05. The molecule has 18 heavy (non-hydrogen) atoms. The molecule has 0 spiro atoms. The zero-order valence-electron chi connectivity index (χ0n) is 9.03. The van der Waals surface area contributed by atoms with Gasteiger partial charge < -0.3 is 15.7 Å². The normalized spacial score (nSPS) is 11.6. The van der Waals surface area contributed by atoms with Crippen LogP contribution in [0.2, 0.25) is 0 Å². The van der Waals surface area contributed by atoms with Crippen LogP contribution in [-0.2, 0) is 9.59 Å². The van der Waals surface area contributed by atoms with Gasteiger partial charge in [-0.2, -0.15) is 0 Å². The van der Waals surface area contributed by atoms with Crippen molar-refractivity contribution in [2.45, 2.75) is 6.04 Å². The molecule has 0 aliphatic rings. The zero-order valence-corrected chi connectivity index (χ0v) is 10.7. The highest BCUT2D eigenvalue weighted by Gasteiger charge is 2.20. The van der Waals surface area contributed by atoms with Gasteiger partial charge in [0.1, 0.15) is 12.6 Å². The van der Waals surface area contributed by atoms with Gasteiger partial charge in [0.15, 0.2) is 5.13 Å². The number of nitroso groups, excluding NO2 is 1. The fraction of sp³-hybridized carbons (Fsp3) is 0.375. The number of carbonyl (C=O) groups excluding carboxylic acids is 1. The van der Waals surface area contributed by atoms with E-state index in [9.17, 15) is 14.5 Å². The first-order valence-electron chi connectivity index (χ1n) is 4.73. The number of nitrogens with zero attached hydrogens (tertiary/aromatic N) is 2. The fourth-order valence-electron chi connectivity index (χ4n) is 1.02. The molecule has 1 aromatic rings. The predicted octanol–water partition coefficient (Wildman–Crippen LogP) is 0.539. The molecule has 98 valence electrons. The number of carbonyl (C=O) groups is 2. The number of carboxylic acids is 1. The quantitative estimate of drug-likeness (QED) is 0.472. The highest BCUT2D eigenvalue weighted by atomic mass is 32.2. The smallest absolute Gasteiger partial charge is 0.322 e. The lowest BCUT2D eigenvalue weighted by Gasteiger charge is -2.15. The van der Waals surface area contributed by atoms with Crippen LogP contribution in [0.5, 0.6) is 0 Å². The summed E-state index contributed by atoms with van der Waals surface area (Å²) >= 11 is 1.97. The first-order chi connectivity index (χ1) is 8.63. The second kappa shape index (κ2) is 7.61. The minimum Gasteiger partial charge on any atom is -0.480 e. The van der Waals surface area contributed by atoms with E-state index in [2.05, 4.69) is 20.2 Å². The Morgan fingerprint density at radius 1 is 1.61 bits per heavy atom. The Hall–Kier alpha value is -1.68. The largest absolute Gasteiger partial charge is 0.480 e. The van der Waals surface area contributed by atoms with Crippen LogP contribution in [0, 0.1) is 4.91 Å². The van der Waals surface area contributed by atoms with Gasteiger partial charge in [0.25, 0.3) is 0 Å². The second-order valence-corrected chi connectivity index (χ2v) is 4.65. The van der Waals surface area contributed by atoms with E-state index in [4.69, 9.17) is 5.11 Å². The number of hydrogen-bond donors (Lipinski definition) is 3. The molecule has 1 atom stereocenters. The monoisotopic (exact) mass is 290 g/mol. The average Bonchev–Trinajstić information content (AvgIpc) is 2.84. The number of aliphatic carboxylic acids is 1. The Labute approximate surface area is 110 Å². The maximum Gasteiger partial charge on any atom is 0.322 e. The van der Waals surface area contributed by atoms with Crippen LogP contribution in [0.15, 0.2) is 16.2 Å². The molecule has 0 radical (unpaired) electrons. The van der Waals surface area contributed by atoms with Crippen molar-refractivity contribution in [3.63, 3.8) is 0 Å². The molecule has 10 heteroatoms. The van der Waals surface area contributed by atoms with E-state index in [0.29, 0.717) is 17.1 Å². The molecule has 0 fully saturated rings. The van der Waals surface area contributed by atoms with Gasteiger partial charge in [0.05, 0.1) is 0 Å². The first-order valence-corrected chi connectivity index (χ1v) is 6.56. The predicted molar refractivity (Wildman–Crippen MR) is 68.4 cm³/mol. The van der Waals surface area contributed by atoms with Crippen molar-refractivity contribution in [3.05, 3.63) is 16.5 Å². The van der Waals surface area contributed by atoms with Crippen LogP contribution >= 0.6 is 23.3 Å². The van der Waals surface area contributed by atoms with Crippen LogP contribution in [0.3, 0.4) is 0 Å². The van der Waals surface area contributed by atoms with Crippen molar-refractivity contribution >= 4 is 40.3 Å². The van der Waals surface area contributed by atoms with Gasteiger partial charge in [-0.3, -0.25) is 9.59 Å². The summed E-state index contributed by atoms with van der Waals surface area (Å²) in [6.45, 7) is -0.478. The second-order valence-electron chi connectivity index (χ2n) is 3.02.